The molecule has 2 aromatic heterocycles. The number of amides is 1. The second kappa shape index (κ2) is 5.51. The molecule has 0 saturated carbocycles. The minimum absolute atomic E-state index is 0.0106. The van der Waals surface area contributed by atoms with Gasteiger partial charge in [-0.2, -0.15) is 5.10 Å². The number of aromatic nitrogens is 4. The lowest BCUT2D eigenvalue weighted by atomic mass is 10.1. The molecule has 0 fully saturated rings. The minimum atomic E-state index is -0.0849. The molecule has 1 unspecified atom stereocenters. The van der Waals surface area contributed by atoms with Gasteiger partial charge >= 0.3 is 0 Å². The van der Waals surface area contributed by atoms with Crippen molar-refractivity contribution in [2.24, 2.45) is 0 Å². The number of hydrogen-bond donors (Lipinski definition) is 3. The standard InChI is InChI=1S/C16H18N6O/c1-10-4-11-6-19-21-15(11)13(5-10)16(23)20-12-7-17-8-14-18-2-3-22(14)9-12/h2-6,12,17H,7-9H2,1H3,(H,19,21)(H,20,23). The Bertz CT molecular complexity index is 864. The summed E-state index contributed by atoms with van der Waals surface area (Å²) in [5.41, 5.74) is 2.45. The van der Waals surface area contributed by atoms with Crippen molar-refractivity contribution in [1.82, 2.24) is 30.4 Å². The number of aryl methyl sites for hydroxylation is 1. The first-order valence-electron chi connectivity index (χ1n) is 7.66. The van der Waals surface area contributed by atoms with E-state index in [9.17, 15) is 4.79 Å². The van der Waals surface area contributed by atoms with Gasteiger partial charge in [0.1, 0.15) is 5.82 Å². The van der Waals surface area contributed by atoms with Gasteiger partial charge in [0.05, 0.1) is 29.9 Å². The van der Waals surface area contributed by atoms with Crippen LogP contribution in [0.1, 0.15) is 21.7 Å². The predicted molar refractivity (Wildman–Crippen MR) is 86.0 cm³/mol. The predicted octanol–water partition coefficient (Wildman–Crippen LogP) is 0.970. The van der Waals surface area contributed by atoms with E-state index in [0.29, 0.717) is 25.2 Å². The van der Waals surface area contributed by atoms with Gasteiger partial charge in [0.15, 0.2) is 0 Å². The van der Waals surface area contributed by atoms with Crippen LogP contribution in [0.4, 0.5) is 0 Å². The Kier molecular flexibility index (Phi) is 3.34. The van der Waals surface area contributed by atoms with Gasteiger partial charge in [0, 0.05) is 30.9 Å². The molecule has 3 aromatic rings. The highest BCUT2D eigenvalue weighted by atomic mass is 16.1. The fourth-order valence-electron chi connectivity index (χ4n) is 3.08. The van der Waals surface area contributed by atoms with Crippen molar-refractivity contribution in [3.05, 3.63) is 47.7 Å². The van der Waals surface area contributed by atoms with Crippen molar-refractivity contribution < 1.29 is 4.79 Å². The number of fused-ring (bicyclic) bond motifs is 2. The Balaban J connectivity index is 1.58. The van der Waals surface area contributed by atoms with Crippen LogP contribution in [0.2, 0.25) is 0 Å². The van der Waals surface area contributed by atoms with Crippen LogP contribution in [-0.4, -0.2) is 38.2 Å². The Morgan fingerprint density at radius 2 is 2.35 bits per heavy atom. The number of benzene rings is 1. The molecule has 1 aromatic carbocycles. The van der Waals surface area contributed by atoms with Crippen molar-refractivity contribution in [2.45, 2.75) is 26.1 Å². The van der Waals surface area contributed by atoms with Gasteiger partial charge < -0.3 is 15.2 Å². The molecule has 118 valence electrons. The van der Waals surface area contributed by atoms with Gasteiger partial charge in [0.2, 0.25) is 0 Å². The summed E-state index contributed by atoms with van der Waals surface area (Å²) in [4.78, 5) is 17.0. The molecule has 1 aliphatic heterocycles. The van der Waals surface area contributed by atoms with E-state index in [-0.39, 0.29) is 11.9 Å². The number of nitrogens with one attached hydrogen (secondary N) is 3. The first-order chi connectivity index (χ1) is 11.2. The zero-order chi connectivity index (χ0) is 15.8. The highest BCUT2D eigenvalue weighted by Gasteiger charge is 2.20. The van der Waals surface area contributed by atoms with Crippen molar-refractivity contribution >= 4 is 16.8 Å². The average molecular weight is 310 g/mol. The number of hydrogen-bond acceptors (Lipinski definition) is 4. The molecule has 4 rings (SSSR count). The Morgan fingerprint density at radius 3 is 3.26 bits per heavy atom. The van der Waals surface area contributed by atoms with Crippen molar-refractivity contribution in [3.8, 4) is 0 Å². The zero-order valence-electron chi connectivity index (χ0n) is 12.8. The van der Waals surface area contributed by atoms with Gasteiger partial charge in [0.25, 0.3) is 5.91 Å². The monoisotopic (exact) mass is 310 g/mol. The molecule has 3 heterocycles. The molecular formula is C16H18N6O. The Hall–Kier alpha value is -2.67. The maximum atomic E-state index is 12.7. The van der Waals surface area contributed by atoms with Crippen LogP contribution in [-0.2, 0) is 13.1 Å². The molecule has 0 bridgehead atoms. The number of nitrogens with zero attached hydrogens (tertiary/aromatic N) is 3. The van der Waals surface area contributed by atoms with E-state index >= 15 is 0 Å². The summed E-state index contributed by atoms with van der Waals surface area (Å²) in [6.07, 6.45) is 5.47. The Morgan fingerprint density at radius 1 is 1.43 bits per heavy atom. The van der Waals surface area contributed by atoms with Gasteiger partial charge in [-0.05, 0) is 24.6 Å². The second-order valence-corrected chi connectivity index (χ2v) is 5.94. The topological polar surface area (TPSA) is 87.6 Å². The largest absolute Gasteiger partial charge is 0.346 e. The third kappa shape index (κ3) is 2.59. The first-order valence-corrected chi connectivity index (χ1v) is 7.66. The summed E-state index contributed by atoms with van der Waals surface area (Å²) < 4.78 is 2.08. The molecule has 1 aliphatic rings. The second-order valence-electron chi connectivity index (χ2n) is 5.94. The van der Waals surface area contributed by atoms with Crippen LogP contribution >= 0.6 is 0 Å². The number of H-pyrrole nitrogens is 1. The van der Waals surface area contributed by atoms with Crippen LogP contribution in [0.5, 0.6) is 0 Å². The van der Waals surface area contributed by atoms with E-state index in [1.165, 1.54) is 0 Å². The molecule has 7 heteroatoms. The first kappa shape index (κ1) is 14.0. The zero-order valence-corrected chi connectivity index (χ0v) is 12.8. The third-order valence-corrected chi connectivity index (χ3v) is 4.17. The lowest BCUT2D eigenvalue weighted by Crippen LogP contribution is -2.42. The Labute approximate surface area is 133 Å². The summed E-state index contributed by atoms with van der Waals surface area (Å²) in [5, 5.41) is 14.3. The lowest BCUT2D eigenvalue weighted by molar-refractivity contribution is 0.0935. The van der Waals surface area contributed by atoms with Crippen LogP contribution in [0.3, 0.4) is 0 Å². The molecule has 23 heavy (non-hydrogen) atoms. The number of aromatic amines is 1. The molecule has 1 atom stereocenters. The van der Waals surface area contributed by atoms with Gasteiger partial charge in [-0.15, -0.1) is 0 Å². The van der Waals surface area contributed by atoms with E-state index in [1.54, 1.807) is 12.4 Å². The molecule has 0 saturated heterocycles. The van der Waals surface area contributed by atoms with E-state index in [2.05, 4.69) is 30.4 Å². The quantitative estimate of drug-likeness (QED) is 0.658. The molecule has 0 radical (unpaired) electrons. The minimum Gasteiger partial charge on any atom is -0.346 e. The molecular weight excluding hydrogens is 292 g/mol. The molecule has 3 N–H and O–H groups in total. The fraction of sp³-hybridized carbons (Fsp3) is 0.312. The third-order valence-electron chi connectivity index (χ3n) is 4.17. The number of carbonyl (C=O) groups is 1. The SMILES string of the molecule is Cc1cc(C(=O)NC2CNCc3nccn3C2)c2[nH]ncc2c1. The maximum Gasteiger partial charge on any atom is 0.253 e. The van der Waals surface area contributed by atoms with Crippen molar-refractivity contribution in [2.75, 3.05) is 6.54 Å². The van der Waals surface area contributed by atoms with E-state index in [1.807, 2.05) is 25.3 Å². The number of rotatable bonds is 2. The lowest BCUT2D eigenvalue weighted by Gasteiger charge is -2.17. The summed E-state index contributed by atoms with van der Waals surface area (Å²) in [7, 11) is 0. The molecule has 7 nitrogen and oxygen atoms in total. The van der Waals surface area contributed by atoms with Crippen LogP contribution < -0.4 is 10.6 Å². The van der Waals surface area contributed by atoms with E-state index in [0.717, 1.165) is 22.3 Å². The highest BCUT2D eigenvalue weighted by Crippen LogP contribution is 2.18. The number of imidazole rings is 1. The smallest absolute Gasteiger partial charge is 0.253 e. The maximum absolute atomic E-state index is 12.7. The average Bonchev–Trinajstić information content (AvgIpc) is 3.12. The molecule has 1 amide bonds. The summed E-state index contributed by atoms with van der Waals surface area (Å²) >= 11 is 0. The summed E-state index contributed by atoms with van der Waals surface area (Å²) in [6.45, 7) is 4.13. The van der Waals surface area contributed by atoms with Crippen LogP contribution in [0.25, 0.3) is 10.9 Å². The normalized spacial score (nSPS) is 17.7. The van der Waals surface area contributed by atoms with Gasteiger partial charge in [-0.25, -0.2) is 4.98 Å². The molecule has 0 spiro atoms. The van der Waals surface area contributed by atoms with Crippen LogP contribution in [0.15, 0.2) is 30.7 Å². The highest BCUT2D eigenvalue weighted by molar-refractivity contribution is 6.05. The number of carbonyl (C=O) groups excluding carboxylic acids is 1. The fourth-order valence-corrected chi connectivity index (χ4v) is 3.08. The van der Waals surface area contributed by atoms with Crippen LogP contribution in [0, 0.1) is 6.92 Å². The van der Waals surface area contributed by atoms with Crippen molar-refractivity contribution in [3.63, 3.8) is 0 Å². The van der Waals surface area contributed by atoms with E-state index < -0.39 is 0 Å². The van der Waals surface area contributed by atoms with Gasteiger partial charge in [-0.3, -0.25) is 9.89 Å². The molecule has 0 aliphatic carbocycles. The van der Waals surface area contributed by atoms with E-state index in [4.69, 9.17) is 0 Å². The summed E-state index contributed by atoms with van der Waals surface area (Å²) in [5.74, 6) is 0.909. The summed E-state index contributed by atoms with van der Waals surface area (Å²) in [6, 6.07) is 3.92. The van der Waals surface area contributed by atoms with Gasteiger partial charge in [-0.1, -0.05) is 0 Å². The van der Waals surface area contributed by atoms with Crippen molar-refractivity contribution in [1.29, 1.82) is 0 Å².